The summed E-state index contributed by atoms with van der Waals surface area (Å²) < 4.78 is 27.6. The largest absolute Gasteiger partial charge is 0.381 e. The number of hydrogen-bond acceptors (Lipinski definition) is 3. The molecule has 0 bridgehead atoms. The van der Waals surface area contributed by atoms with E-state index in [1.165, 1.54) is 19.3 Å². The third kappa shape index (κ3) is 6.06. The Hall–Kier alpha value is 0.200. The van der Waals surface area contributed by atoms with Crippen LogP contribution in [0.1, 0.15) is 39.0 Å². The minimum Gasteiger partial charge on any atom is -0.381 e. The molecule has 5 heteroatoms. The molecule has 16 heavy (non-hydrogen) atoms. The van der Waals surface area contributed by atoms with Gasteiger partial charge in [0.05, 0.1) is 12.4 Å². The highest BCUT2D eigenvalue weighted by Gasteiger charge is 2.20. The molecule has 96 valence electrons. The standard InChI is InChI=1S/C11H21ClO3S/c1-2-4-11(9-16(12,13)14)8-15-7-10-5-3-6-10/h10-11H,2-9H2,1H3. The molecule has 0 aliphatic heterocycles. The summed E-state index contributed by atoms with van der Waals surface area (Å²) in [6.45, 7) is 3.35. The van der Waals surface area contributed by atoms with Gasteiger partial charge in [-0.25, -0.2) is 8.42 Å². The van der Waals surface area contributed by atoms with Crippen molar-refractivity contribution in [2.75, 3.05) is 19.0 Å². The second-order valence-corrected chi connectivity index (χ2v) is 7.52. The Morgan fingerprint density at radius 1 is 1.44 bits per heavy atom. The molecule has 0 saturated heterocycles. The highest BCUT2D eigenvalue weighted by molar-refractivity contribution is 8.13. The third-order valence-electron chi connectivity index (χ3n) is 3.06. The van der Waals surface area contributed by atoms with E-state index in [0.717, 1.165) is 19.4 Å². The van der Waals surface area contributed by atoms with Crippen molar-refractivity contribution < 1.29 is 13.2 Å². The lowest BCUT2D eigenvalue weighted by Gasteiger charge is -2.26. The second-order valence-electron chi connectivity index (χ2n) is 4.69. The Morgan fingerprint density at radius 2 is 2.12 bits per heavy atom. The van der Waals surface area contributed by atoms with Gasteiger partial charge in [0, 0.05) is 17.3 Å². The molecule has 0 aromatic rings. The lowest BCUT2D eigenvalue weighted by atomic mass is 9.86. The number of ether oxygens (including phenoxy) is 1. The fourth-order valence-corrected chi connectivity index (χ4v) is 3.33. The normalized spacial score (nSPS) is 19.4. The Kier molecular flexibility index (Phi) is 6.08. The first-order valence-corrected chi connectivity index (χ1v) is 8.49. The van der Waals surface area contributed by atoms with Gasteiger partial charge in [0.2, 0.25) is 9.05 Å². The molecule has 0 aromatic heterocycles. The zero-order valence-corrected chi connectivity index (χ0v) is 11.4. The monoisotopic (exact) mass is 268 g/mol. The van der Waals surface area contributed by atoms with Crippen LogP contribution < -0.4 is 0 Å². The van der Waals surface area contributed by atoms with Crippen LogP contribution in [0.4, 0.5) is 0 Å². The maximum absolute atomic E-state index is 11.0. The van der Waals surface area contributed by atoms with Gasteiger partial charge in [-0.2, -0.15) is 0 Å². The molecule has 0 spiro atoms. The summed E-state index contributed by atoms with van der Waals surface area (Å²) in [6, 6.07) is 0. The number of hydrogen-bond donors (Lipinski definition) is 0. The maximum Gasteiger partial charge on any atom is 0.232 e. The maximum atomic E-state index is 11.0. The van der Waals surface area contributed by atoms with Crippen molar-refractivity contribution in [3.63, 3.8) is 0 Å². The predicted molar refractivity (Wildman–Crippen MR) is 66.2 cm³/mol. The van der Waals surface area contributed by atoms with Crippen LogP contribution in [0, 0.1) is 11.8 Å². The van der Waals surface area contributed by atoms with E-state index in [4.69, 9.17) is 15.4 Å². The Morgan fingerprint density at radius 3 is 2.56 bits per heavy atom. The summed E-state index contributed by atoms with van der Waals surface area (Å²) in [5, 5.41) is 0. The molecule has 1 rings (SSSR count). The molecular formula is C11H21ClO3S. The smallest absolute Gasteiger partial charge is 0.232 e. The summed E-state index contributed by atoms with van der Waals surface area (Å²) in [6.07, 6.45) is 5.64. The molecule has 0 N–H and O–H groups in total. The average molecular weight is 269 g/mol. The average Bonchev–Trinajstić information content (AvgIpc) is 2.07. The van der Waals surface area contributed by atoms with E-state index >= 15 is 0 Å². The molecule has 3 nitrogen and oxygen atoms in total. The molecule has 1 aliphatic rings. The molecule has 1 atom stereocenters. The van der Waals surface area contributed by atoms with Crippen LogP contribution in [0.25, 0.3) is 0 Å². The quantitative estimate of drug-likeness (QED) is 0.636. The molecule has 0 heterocycles. The van der Waals surface area contributed by atoms with Gasteiger partial charge in [0.25, 0.3) is 0 Å². The van der Waals surface area contributed by atoms with E-state index < -0.39 is 9.05 Å². The molecule has 1 unspecified atom stereocenters. The summed E-state index contributed by atoms with van der Waals surface area (Å²) in [4.78, 5) is 0. The van der Waals surface area contributed by atoms with E-state index in [2.05, 4.69) is 0 Å². The Bertz CT molecular complexity index is 286. The van der Waals surface area contributed by atoms with Crippen molar-refractivity contribution in [3.8, 4) is 0 Å². The van der Waals surface area contributed by atoms with Crippen LogP contribution in [0.3, 0.4) is 0 Å². The van der Waals surface area contributed by atoms with Gasteiger partial charge in [-0.3, -0.25) is 0 Å². The summed E-state index contributed by atoms with van der Waals surface area (Å²) in [7, 11) is 1.86. The van der Waals surface area contributed by atoms with Crippen LogP contribution in [0.2, 0.25) is 0 Å². The van der Waals surface area contributed by atoms with Gasteiger partial charge in [-0.1, -0.05) is 19.8 Å². The minimum atomic E-state index is -3.40. The van der Waals surface area contributed by atoms with Crippen molar-refractivity contribution in [2.45, 2.75) is 39.0 Å². The second kappa shape index (κ2) is 6.82. The lowest BCUT2D eigenvalue weighted by molar-refractivity contribution is 0.0503. The van der Waals surface area contributed by atoms with Crippen molar-refractivity contribution in [2.24, 2.45) is 11.8 Å². The van der Waals surface area contributed by atoms with Crippen LogP contribution in [0.5, 0.6) is 0 Å². The van der Waals surface area contributed by atoms with E-state index in [9.17, 15) is 8.42 Å². The summed E-state index contributed by atoms with van der Waals surface area (Å²) in [5.74, 6) is 0.787. The Balaban J connectivity index is 2.20. The van der Waals surface area contributed by atoms with Crippen molar-refractivity contribution in [3.05, 3.63) is 0 Å². The van der Waals surface area contributed by atoms with Gasteiger partial charge in [0.15, 0.2) is 0 Å². The topological polar surface area (TPSA) is 43.4 Å². The lowest BCUT2D eigenvalue weighted by Crippen LogP contribution is -2.22. The van der Waals surface area contributed by atoms with Gasteiger partial charge in [-0.15, -0.1) is 0 Å². The van der Waals surface area contributed by atoms with Gasteiger partial charge in [0.1, 0.15) is 0 Å². The van der Waals surface area contributed by atoms with Crippen LogP contribution in [0.15, 0.2) is 0 Å². The van der Waals surface area contributed by atoms with Crippen molar-refractivity contribution in [1.82, 2.24) is 0 Å². The first-order chi connectivity index (χ1) is 7.51. The zero-order chi connectivity index (χ0) is 12.0. The van der Waals surface area contributed by atoms with Crippen LogP contribution >= 0.6 is 10.7 Å². The van der Waals surface area contributed by atoms with Crippen molar-refractivity contribution in [1.29, 1.82) is 0 Å². The molecule has 1 aliphatic carbocycles. The fraction of sp³-hybridized carbons (Fsp3) is 1.00. The van der Waals surface area contributed by atoms with E-state index in [0.29, 0.717) is 12.5 Å². The highest BCUT2D eigenvalue weighted by Crippen LogP contribution is 2.26. The first kappa shape index (κ1) is 14.3. The van der Waals surface area contributed by atoms with Crippen LogP contribution in [-0.4, -0.2) is 27.4 Å². The van der Waals surface area contributed by atoms with Crippen molar-refractivity contribution >= 4 is 19.7 Å². The minimum absolute atomic E-state index is 0.0348. The Labute approximate surface area is 103 Å². The summed E-state index contributed by atoms with van der Waals surface area (Å²) >= 11 is 0. The first-order valence-electron chi connectivity index (χ1n) is 6.01. The molecule has 0 amide bonds. The van der Waals surface area contributed by atoms with E-state index in [1.54, 1.807) is 0 Å². The third-order valence-corrected chi connectivity index (χ3v) is 4.31. The predicted octanol–water partition coefficient (Wildman–Crippen LogP) is 2.79. The molecule has 0 aromatic carbocycles. The SMILES string of the molecule is CCCC(COCC1CCC1)CS(=O)(=O)Cl. The fourth-order valence-electron chi connectivity index (χ4n) is 1.97. The molecule has 1 fully saturated rings. The van der Waals surface area contributed by atoms with Gasteiger partial charge in [-0.05, 0) is 31.1 Å². The van der Waals surface area contributed by atoms with Gasteiger partial charge >= 0.3 is 0 Å². The highest BCUT2D eigenvalue weighted by atomic mass is 35.7. The number of rotatable bonds is 8. The van der Waals surface area contributed by atoms with E-state index in [1.807, 2.05) is 6.92 Å². The molecule has 0 radical (unpaired) electrons. The molecule has 1 saturated carbocycles. The molecular weight excluding hydrogens is 248 g/mol. The van der Waals surface area contributed by atoms with E-state index in [-0.39, 0.29) is 11.7 Å². The summed E-state index contributed by atoms with van der Waals surface area (Å²) in [5.41, 5.74) is 0. The zero-order valence-electron chi connectivity index (χ0n) is 9.82. The van der Waals surface area contributed by atoms with Gasteiger partial charge < -0.3 is 4.74 Å². The number of halogens is 1. The van der Waals surface area contributed by atoms with Crippen LogP contribution in [-0.2, 0) is 13.8 Å².